The molecular weight excluding hydrogens is 573 g/mol. The minimum Gasteiger partial charge on any atom is -0.484 e. The fourth-order valence-electron chi connectivity index (χ4n) is 3.42. The van der Waals surface area contributed by atoms with Gasteiger partial charge in [0.25, 0.3) is 15.9 Å². The molecule has 1 aromatic heterocycles. The van der Waals surface area contributed by atoms with Crippen LogP contribution < -0.4 is 24.4 Å². The molecule has 2 amide bonds. The number of rotatable bonds is 9. The van der Waals surface area contributed by atoms with E-state index in [1.807, 2.05) is 0 Å². The number of nitrogens with zero attached hydrogens (tertiary/aromatic N) is 3. The lowest BCUT2D eigenvalue weighted by atomic mass is 10.1. The van der Waals surface area contributed by atoms with E-state index in [9.17, 15) is 40.0 Å². The number of hydrogen-bond acceptors (Lipinski definition) is 8. The Morgan fingerprint density at radius 1 is 1.25 bits per heavy atom. The summed E-state index contributed by atoms with van der Waals surface area (Å²) in [7, 11) is -4.70. The number of carbonyl (C=O) groups excluding carboxylic acids is 2. The molecule has 0 aliphatic carbocycles. The number of amides is 2. The Morgan fingerprint density at radius 2 is 1.93 bits per heavy atom. The first-order chi connectivity index (χ1) is 18.4. The van der Waals surface area contributed by atoms with E-state index < -0.39 is 63.8 Å². The van der Waals surface area contributed by atoms with Gasteiger partial charge in [-0.1, -0.05) is 0 Å². The summed E-state index contributed by atoms with van der Waals surface area (Å²) in [6, 6.07) is 3.53. The molecule has 1 atom stereocenters. The number of fused-ring (bicyclic) bond motifs is 1. The number of sulfonamides is 1. The first kappa shape index (κ1) is 30.7. The Balaban J connectivity index is 2.02. The topological polar surface area (TPSA) is 141 Å². The quantitative estimate of drug-likeness (QED) is 0.418. The Morgan fingerprint density at radius 3 is 2.50 bits per heavy atom. The molecule has 18 heteroatoms. The standard InChI is InChI=1S/C22H26F5N5O7S/c1-5-31-11-17(18(30-31)38-19(23)24)40(35,36)32-10-14(9-28-12(2)33)37-16-7-6-13(8-15(16)32)29-20(34)39-21(3,4)22(25,26)27/h6-8,11,14,19H,5,9-10H2,1-4H3,(H,28,33)(H,29,34). The zero-order valence-corrected chi connectivity index (χ0v) is 22.4. The van der Waals surface area contributed by atoms with Gasteiger partial charge >= 0.3 is 18.9 Å². The van der Waals surface area contributed by atoms with Gasteiger partial charge < -0.3 is 19.5 Å². The molecule has 0 radical (unpaired) electrons. The van der Waals surface area contributed by atoms with E-state index in [1.165, 1.54) is 19.1 Å². The van der Waals surface area contributed by atoms with Crippen molar-refractivity contribution in [2.24, 2.45) is 0 Å². The second kappa shape index (κ2) is 11.3. The lowest BCUT2D eigenvalue weighted by Gasteiger charge is -2.35. The minimum atomic E-state index is -4.87. The van der Waals surface area contributed by atoms with Crippen LogP contribution in [-0.4, -0.2) is 67.8 Å². The van der Waals surface area contributed by atoms with Crippen LogP contribution >= 0.6 is 0 Å². The van der Waals surface area contributed by atoms with Crippen LogP contribution in [0.25, 0.3) is 0 Å². The number of aromatic nitrogens is 2. The minimum absolute atomic E-state index is 0.0565. The first-order valence-electron chi connectivity index (χ1n) is 11.6. The van der Waals surface area contributed by atoms with Crippen molar-refractivity contribution in [1.29, 1.82) is 0 Å². The predicted molar refractivity (Wildman–Crippen MR) is 129 cm³/mol. The van der Waals surface area contributed by atoms with Crippen LogP contribution in [0, 0.1) is 0 Å². The van der Waals surface area contributed by atoms with Crippen molar-refractivity contribution in [2.75, 3.05) is 22.7 Å². The Labute approximate surface area is 225 Å². The third-order valence-electron chi connectivity index (χ3n) is 5.54. The van der Waals surface area contributed by atoms with Crippen molar-refractivity contribution in [3.8, 4) is 11.6 Å². The van der Waals surface area contributed by atoms with Gasteiger partial charge in [-0.15, -0.1) is 5.10 Å². The van der Waals surface area contributed by atoms with Crippen molar-refractivity contribution in [3.05, 3.63) is 24.4 Å². The summed E-state index contributed by atoms with van der Waals surface area (Å²) >= 11 is 0. The lowest BCUT2D eigenvalue weighted by molar-refractivity contribution is -0.242. The highest BCUT2D eigenvalue weighted by Crippen LogP contribution is 2.41. The molecule has 1 aliphatic rings. The highest BCUT2D eigenvalue weighted by molar-refractivity contribution is 7.93. The monoisotopic (exact) mass is 599 g/mol. The number of anilines is 2. The van der Waals surface area contributed by atoms with E-state index >= 15 is 0 Å². The van der Waals surface area contributed by atoms with Crippen molar-refractivity contribution in [1.82, 2.24) is 15.1 Å². The van der Waals surface area contributed by atoms with Gasteiger partial charge in [0.1, 0.15) is 11.9 Å². The van der Waals surface area contributed by atoms with Crippen LogP contribution in [-0.2, 0) is 26.1 Å². The van der Waals surface area contributed by atoms with Gasteiger partial charge in [-0.3, -0.25) is 19.1 Å². The van der Waals surface area contributed by atoms with Gasteiger partial charge in [0.15, 0.2) is 4.90 Å². The molecule has 3 rings (SSSR count). The summed E-state index contributed by atoms with van der Waals surface area (Å²) in [5.74, 6) is -1.35. The summed E-state index contributed by atoms with van der Waals surface area (Å²) in [5, 5.41) is 8.32. The summed E-state index contributed by atoms with van der Waals surface area (Å²) in [4.78, 5) is 22.9. The lowest BCUT2D eigenvalue weighted by Crippen LogP contribution is -2.48. The van der Waals surface area contributed by atoms with E-state index in [4.69, 9.17) is 4.74 Å². The van der Waals surface area contributed by atoms with Crippen LogP contribution in [0.15, 0.2) is 29.3 Å². The number of carbonyl (C=O) groups is 2. The average Bonchev–Trinajstić information content (AvgIpc) is 3.24. The zero-order chi connectivity index (χ0) is 30.0. The fraction of sp³-hybridized carbons (Fsp3) is 0.500. The van der Waals surface area contributed by atoms with Crippen LogP contribution in [0.1, 0.15) is 27.7 Å². The first-order valence-corrected chi connectivity index (χ1v) is 13.1. The molecule has 0 fully saturated rings. The number of hydrogen-bond donors (Lipinski definition) is 2. The van der Waals surface area contributed by atoms with E-state index in [2.05, 4.69) is 25.2 Å². The number of halogens is 5. The number of benzene rings is 1. The van der Waals surface area contributed by atoms with Crippen molar-refractivity contribution < 1.29 is 54.2 Å². The maximum absolute atomic E-state index is 13.8. The van der Waals surface area contributed by atoms with E-state index in [1.54, 1.807) is 6.92 Å². The maximum atomic E-state index is 13.8. The molecule has 0 saturated heterocycles. The predicted octanol–water partition coefficient (Wildman–Crippen LogP) is 3.49. The number of nitrogens with one attached hydrogen (secondary N) is 2. The molecule has 2 aromatic rings. The van der Waals surface area contributed by atoms with E-state index in [-0.39, 0.29) is 30.2 Å². The van der Waals surface area contributed by atoms with Gasteiger partial charge in [-0.05, 0) is 39.0 Å². The SMILES string of the molecule is CCn1cc(S(=O)(=O)N2CC(CNC(C)=O)Oc3ccc(NC(=O)OC(C)(C)C(F)(F)F)cc32)c(OC(F)F)n1. The Kier molecular flexibility index (Phi) is 8.71. The fourth-order valence-corrected chi connectivity index (χ4v) is 4.99. The zero-order valence-electron chi connectivity index (χ0n) is 21.6. The molecule has 1 unspecified atom stereocenters. The van der Waals surface area contributed by atoms with Gasteiger partial charge in [0.2, 0.25) is 11.5 Å². The highest BCUT2D eigenvalue weighted by Gasteiger charge is 2.51. The summed E-state index contributed by atoms with van der Waals surface area (Å²) in [6.45, 7) is 0.268. The maximum Gasteiger partial charge on any atom is 0.427 e. The second-order valence-corrected chi connectivity index (χ2v) is 10.8. The van der Waals surface area contributed by atoms with Gasteiger partial charge in [-0.2, -0.15) is 22.0 Å². The normalized spacial score (nSPS) is 15.8. The van der Waals surface area contributed by atoms with Crippen LogP contribution in [0.3, 0.4) is 0 Å². The molecule has 0 spiro atoms. The summed E-state index contributed by atoms with van der Waals surface area (Å²) in [6.07, 6.45) is -6.30. The molecule has 2 heterocycles. The van der Waals surface area contributed by atoms with Crippen LogP contribution in [0.2, 0.25) is 0 Å². The highest BCUT2D eigenvalue weighted by atomic mass is 32.2. The number of aryl methyl sites for hydroxylation is 1. The largest absolute Gasteiger partial charge is 0.484 e. The third kappa shape index (κ3) is 6.83. The smallest absolute Gasteiger partial charge is 0.427 e. The van der Waals surface area contributed by atoms with Crippen LogP contribution in [0.5, 0.6) is 11.6 Å². The van der Waals surface area contributed by atoms with Crippen molar-refractivity contribution in [2.45, 2.75) is 63.6 Å². The Bertz CT molecular complexity index is 1360. The van der Waals surface area contributed by atoms with E-state index in [0.717, 1.165) is 21.3 Å². The van der Waals surface area contributed by atoms with Crippen molar-refractivity contribution in [3.63, 3.8) is 0 Å². The molecule has 222 valence electrons. The second-order valence-electron chi connectivity index (χ2n) is 8.95. The van der Waals surface area contributed by atoms with Crippen molar-refractivity contribution >= 4 is 33.4 Å². The number of ether oxygens (including phenoxy) is 3. The summed E-state index contributed by atoms with van der Waals surface area (Å²) in [5.41, 5.74) is -3.19. The van der Waals surface area contributed by atoms with Gasteiger partial charge in [0.05, 0.1) is 18.8 Å². The van der Waals surface area contributed by atoms with E-state index in [0.29, 0.717) is 13.8 Å². The molecular formula is C22H26F5N5O7S. The molecule has 12 nitrogen and oxygen atoms in total. The molecule has 2 N–H and O–H groups in total. The number of alkyl halides is 5. The summed E-state index contributed by atoms with van der Waals surface area (Å²) < 4.78 is 109. The molecule has 1 aromatic carbocycles. The third-order valence-corrected chi connectivity index (χ3v) is 7.30. The molecule has 1 aliphatic heterocycles. The van der Waals surface area contributed by atoms with Gasteiger partial charge in [-0.25, -0.2) is 13.2 Å². The molecule has 0 bridgehead atoms. The average molecular weight is 600 g/mol. The Hall–Kier alpha value is -3.83. The molecule has 0 saturated carbocycles. The van der Waals surface area contributed by atoms with Gasteiger partial charge in [0, 0.05) is 25.4 Å². The molecule has 40 heavy (non-hydrogen) atoms. The van der Waals surface area contributed by atoms with Crippen LogP contribution in [0.4, 0.5) is 38.1 Å².